The topological polar surface area (TPSA) is 49.6 Å². The summed E-state index contributed by atoms with van der Waals surface area (Å²) in [5, 5.41) is 0. The van der Waals surface area contributed by atoms with E-state index >= 15 is 0 Å². The minimum absolute atomic E-state index is 0.173. The number of aryl methyl sites for hydroxylation is 1. The lowest BCUT2D eigenvalue weighted by Gasteiger charge is -2.36. The van der Waals surface area contributed by atoms with E-state index in [4.69, 9.17) is 4.42 Å². The molecule has 0 saturated carbocycles. The number of amides is 1. The van der Waals surface area contributed by atoms with Crippen molar-refractivity contribution < 1.29 is 9.21 Å². The lowest BCUT2D eigenvalue weighted by atomic mass is 10.1. The molecule has 5 heteroatoms. The maximum Gasteiger partial charge on any atom is 0.227 e. The number of aromatic nitrogens is 1. The third-order valence-corrected chi connectivity index (χ3v) is 4.67. The zero-order valence-corrected chi connectivity index (χ0v) is 14.3. The molecule has 0 bridgehead atoms. The molecule has 2 aromatic carbocycles. The van der Waals surface area contributed by atoms with Gasteiger partial charge in [0.1, 0.15) is 5.52 Å². The second-order valence-corrected chi connectivity index (χ2v) is 6.42. The summed E-state index contributed by atoms with van der Waals surface area (Å²) in [7, 11) is 0. The van der Waals surface area contributed by atoms with Crippen molar-refractivity contribution >= 4 is 22.7 Å². The Labute approximate surface area is 146 Å². The first-order valence-corrected chi connectivity index (χ1v) is 8.63. The van der Waals surface area contributed by atoms with E-state index in [0.717, 1.165) is 42.8 Å². The van der Waals surface area contributed by atoms with Crippen LogP contribution in [-0.4, -0.2) is 42.0 Å². The Morgan fingerprint density at radius 3 is 2.60 bits per heavy atom. The molecular formula is C20H21N3O2. The van der Waals surface area contributed by atoms with E-state index in [1.165, 1.54) is 5.69 Å². The molecule has 2 heterocycles. The first kappa shape index (κ1) is 15.7. The molecule has 3 aromatic rings. The smallest absolute Gasteiger partial charge is 0.227 e. The highest BCUT2D eigenvalue weighted by Gasteiger charge is 2.21. The highest BCUT2D eigenvalue weighted by atomic mass is 16.3. The monoisotopic (exact) mass is 335 g/mol. The van der Waals surface area contributed by atoms with Gasteiger partial charge >= 0.3 is 0 Å². The number of benzene rings is 2. The molecule has 4 rings (SSSR count). The number of piperazine rings is 1. The molecule has 0 atom stereocenters. The Bertz CT molecular complexity index is 880. The maximum absolute atomic E-state index is 12.6. The fourth-order valence-electron chi connectivity index (χ4n) is 3.34. The van der Waals surface area contributed by atoms with Crippen LogP contribution in [0.25, 0.3) is 11.1 Å². The molecule has 128 valence electrons. The number of rotatable bonds is 3. The zero-order chi connectivity index (χ0) is 17.2. The van der Waals surface area contributed by atoms with Gasteiger partial charge in [0, 0.05) is 38.8 Å². The molecule has 1 aromatic heterocycles. The van der Waals surface area contributed by atoms with Crippen LogP contribution >= 0.6 is 0 Å². The van der Waals surface area contributed by atoms with Crippen molar-refractivity contribution in [3.63, 3.8) is 0 Å². The van der Waals surface area contributed by atoms with E-state index in [-0.39, 0.29) is 5.91 Å². The molecule has 1 saturated heterocycles. The second kappa shape index (κ2) is 6.59. The van der Waals surface area contributed by atoms with Crippen molar-refractivity contribution in [1.29, 1.82) is 0 Å². The van der Waals surface area contributed by atoms with Gasteiger partial charge < -0.3 is 14.2 Å². The van der Waals surface area contributed by atoms with Gasteiger partial charge in [0.25, 0.3) is 0 Å². The summed E-state index contributed by atoms with van der Waals surface area (Å²) in [6.45, 7) is 5.10. The molecule has 25 heavy (non-hydrogen) atoms. The van der Waals surface area contributed by atoms with Crippen LogP contribution in [0.15, 0.2) is 52.9 Å². The number of fused-ring (bicyclic) bond motifs is 1. The van der Waals surface area contributed by atoms with E-state index in [0.29, 0.717) is 12.3 Å². The molecule has 0 aliphatic carbocycles. The summed E-state index contributed by atoms with van der Waals surface area (Å²) in [6.07, 6.45) is 0.410. The standard InChI is InChI=1S/C20H21N3O2/c1-15-21-18-13-16(7-8-19(18)25-15)14-20(24)23-11-9-22(10-12-23)17-5-3-2-4-6-17/h2-8,13H,9-12,14H2,1H3. The van der Waals surface area contributed by atoms with Crippen molar-refractivity contribution in [3.05, 3.63) is 60.0 Å². The minimum atomic E-state index is 0.173. The van der Waals surface area contributed by atoms with Crippen molar-refractivity contribution in [2.75, 3.05) is 31.1 Å². The Balaban J connectivity index is 1.38. The summed E-state index contributed by atoms with van der Waals surface area (Å²) in [5.41, 5.74) is 3.79. The average molecular weight is 335 g/mol. The van der Waals surface area contributed by atoms with Gasteiger partial charge in [0.15, 0.2) is 11.5 Å². The Morgan fingerprint density at radius 1 is 1.08 bits per heavy atom. The zero-order valence-electron chi connectivity index (χ0n) is 14.3. The van der Waals surface area contributed by atoms with E-state index in [1.54, 1.807) is 0 Å². The minimum Gasteiger partial charge on any atom is -0.441 e. The largest absolute Gasteiger partial charge is 0.441 e. The molecular weight excluding hydrogens is 314 g/mol. The van der Waals surface area contributed by atoms with Gasteiger partial charge in [-0.15, -0.1) is 0 Å². The number of oxazole rings is 1. The summed E-state index contributed by atoms with van der Waals surface area (Å²) in [4.78, 5) is 21.2. The van der Waals surface area contributed by atoms with Gasteiger partial charge in [-0.1, -0.05) is 24.3 Å². The van der Waals surface area contributed by atoms with Crippen LogP contribution in [0.4, 0.5) is 5.69 Å². The number of carbonyl (C=O) groups is 1. The van der Waals surface area contributed by atoms with Crippen LogP contribution < -0.4 is 4.90 Å². The van der Waals surface area contributed by atoms with Crippen molar-refractivity contribution in [2.24, 2.45) is 0 Å². The van der Waals surface area contributed by atoms with Gasteiger partial charge in [-0.25, -0.2) is 4.98 Å². The van der Waals surface area contributed by atoms with E-state index in [1.807, 2.05) is 36.1 Å². The third kappa shape index (κ3) is 3.36. The third-order valence-electron chi connectivity index (χ3n) is 4.67. The summed E-state index contributed by atoms with van der Waals surface area (Å²) in [6, 6.07) is 16.2. The maximum atomic E-state index is 12.6. The number of para-hydroxylation sites is 1. The van der Waals surface area contributed by atoms with E-state index in [2.05, 4.69) is 34.1 Å². The molecule has 0 radical (unpaired) electrons. The number of hydrogen-bond acceptors (Lipinski definition) is 4. The highest BCUT2D eigenvalue weighted by molar-refractivity contribution is 5.81. The summed E-state index contributed by atoms with van der Waals surface area (Å²) in [5.74, 6) is 0.822. The van der Waals surface area contributed by atoms with Crippen molar-refractivity contribution in [2.45, 2.75) is 13.3 Å². The number of anilines is 1. The number of hydrogen-bond donors (Lipinski definition) is 0. The Hall–Kier alpha value is -2.82. The van der Waals surface area contributed by atoms with Gasteiger partial charge in [-0.05, 0) is 29.8 Å². The molecule has 0 unspecified atom stereocenters. The number of carbonyl (C=O) groups excluding carboxylic acids is 1. The Kier molecular flexibility index (Phi) is 4.14. The molecule has 0 N–H and O–H groups in total. The normalized spacial score (nSPS) is 14.9. The summed E-state index contributed by atoms with van der Waals surface area (Å²) < 4.78 is 5.49. The fourth-order valence-corrected chi connectivity index (χ4v) is 3.34. The van der Waals surface area contributed by atoms with E-state index < -0.39 is 0 Å². The van der Waals surface area contributed by atoms with Crippen molar-refractivity contribution in [3.8, 4) is 0 Å². The molecule has 1 aliphatic rings. The van der Waals surface area contributed by atoms with Gasteiger partial charge in [0.2, 0.25) is 5.91 Å². The van der Waals surface area contributed by atoms with Crippen LogP contribution in [0, 0.1) is 6.92 Å². The van der Waals surface area contributed by atoms with Crippen LogP contribution in [0.2, 0.25) is 0 Å². The van der Waals surface area contributed by atoms with E-state index in [9.17, 15) is 4.79 Å². The first-order valence-electron chi connectivity index (χ1n) is 8.63. The van der Waals surface area contributed by atoms with Crippen LogP contribution in [0.5, 0.6) is 0 Å². The lowest BCUT2D eigenvalue weighted by Crippen LogP contribution is -2.49. The number of nitrogens with zero attached hydrogens (tertiary/aromatic N) is 3. The van der Waals surface area contributed by atoms with Gasteiger partial charge in [0.05, 0.1) is 6.42 Å². The van der Waals surface area contributed by atoms with Crippen LogP contribution in [0.1, 0.15) is 11.5 Å². The quantitative estimate of drug-likeness (QED) is 0.738. The predicted molar refractivity (Wildman–Crippen MR) is 97.7 cm³/mol. The summed E-state index contributed by atoms with van der Waals surface area (Å²) >= 11 is 0. The Morgan fingerprint density at radius 2 is 1.84 bits per heavy atom. The highest BCUT2D eigenvalue weighted by Crippen LogP contribution is 2.19. The lowest BCUT2D eigenvalue weighted by molar-refractivity contribution is -0.130. The van der Waals surface area contributed by atoms with Gasteiger partial charge in [-0.2, -0.15) is 0 Å². The van der Waals surface area contributed by atoms with Crippen LogP contribution in [0.3, 0.4) is 0 Å². The predicted octanol–water partition coefficient (Wildman–Crippen LogP) is 3.03. The fraction of sp³-hybridized carbons (Fsp3) is 0.300. The van der Waals surface area contributed by atoms with Crippen LogP contribution in [-0.2, 0) is 11.2 Å². The molecule has 0 spiro atoms. The second-order valence-electron chi connectivity index (χ2n) is 6.42. The molecule has 1 aliphatic heterocycles. The molecule has 1 fully saturated rings. The van der Waals surface area contributed by atoms with Crippen molar-refractivity contribution in [1.82, 2.24) is 9.88 Å². The van der Waals surface area contributed by atoms with Gasteiger partial charge in [-0.3, -0.25) is 4.79 Å². The molecule has 5 nitrogen and oxygen atoms in total. The molecule has 1 amide bonds. The SMILES string of the molecule is Cc1nc2cc(CC(=O)N3CCN(c4ccccc4)CC3)ccc2o1. The average Bonchev–Trinajstić information content (AvgIpc) is 3.02. The first-order chi connectivity index (χ1) is 12.2.